The molecule has 0 spiro atoms. The van der Waals surface area contributed by atoms with E-state index in [1.165, 1.54) is 25.7 Å². The predicted molar refractivity (Wildman–Crippen MR) is 97.3 cm³/mol. The van der Waals surface area contributed by atoms with Crippen LogP contribution < -0.4 is 5.32 Å². The van der Waals surface area contributed by atoms with Gasteiger partial charge in [-0.1, -0.05) is 18.2 Å². The van der Waals surface area contributed by atoms with E-state index in [0.717, 1.165) is 22.8 Å². The van der Waals surface area contributed by atoms with Gasteiger partial charge in [0.1, 0.15) is 5.76 Å². The topological polar surface area (TPSA) is 60.1 Å². The third-order valence-electron chi connectivity index (χ3n) is 5.80. The molecule has 1 amide bonds. The Balaban J connectivity index is 1.32. The number of hydrogen-bond donors (Lipinski definition) is 1. The molecule has 2 aromatic heterocycles. The highest BCUT2D eigenvalue weighted by Gasteiger charge is 2.42. The van der Waals surface area contributed by atoms with Gasteiger partial charge < -0.3 is 14.3 Å². The van der Waals surface area contributed by atoms with E-state index in [4.69, 9.17) is 4.42 Å². The molecule has 0 aromatic carbocycles. The molecule has 0 aliphatic heterocycles. The van der Waals surface area contributed by atoms with Crippen molar-refractivity contribution in [3.05, 3.63) is 36.0 Å². The smallest absolute Gasteiger partial charge is 0.287 e. The minimum atomic E-state index is -0.0940. The van der Waals surface area contributed by atoms with Gasteiger partial charge in [-0.25, -0.2) is 4.98 Å². The standard InChI is InChI=1S/C19H25N3O2S/c1-12(16-10-13-3-4-14(16)9-13)21-18(23)17-6-5-15(24-17)11-25-19-20-7-8-22(19)2/h5-8,12-14,16H,3-4,9-11H2,1-2H3,(H,21,23)/t12-,13+,14+,16+/m1/s1. The molecule has 0 unspecified atom stereocenters. The number of amides is 1. The first-order valence-corrected chi connectivity index (χ1v) is 10.1. The third-order valence-corrected chi connectivity index (χ3v) is 6.88. The zero-order valence-electron chi connectivity index (χ0n) is 14.8. The van der Waals surface area contributed by atoms with E-state index in [-0.39, 0.29) is 11.9 Å². The van der Waals surface area contributed by atoms with Crippen molar-refractivity contribution in [2.24, 2.45) is 24.8 Å². The molecule has 1 N–H and O–H groups in total. The predicted octanol–water partition coefficient (Wildman–Crippen LogP) is 3.86. The van der Waals surface area contributed by atoms with Crippen LogP contribution in [0.1, 0.15) is 48.9 Å². The van der Waals surface area contributed by atoms with Gasteiger partial charge in [-0.2, -0.15) is 0 Å². The van der Waals surface area contributed by atoms with Crippen molar-refractivity contribution < 1.29 is 9.21 Å². The first-order valence-electron chi connectivity index (χ1n) is 9.10. The fraction of sp³-hybridized carbons (Fsp3) is 0.579. The molecule has 0 saturated heterocycles. The van der Waals surface area contributed by atoms with Gasteiger partial charge in [0.05, 0.1) is 5.75 Å². The number of carbonyl (C=O) groups is 1. The zero-order valence-corrected chi connectivity index (χ0v) is 15.6. The molecule has 2 fully saturated rings. The summed E-state index contributed by atoms with van der Waals surface area (Å²) < 4.78 is 7.71. The number of thioether (sulfide) groups is 1. The van der Waals surface area contributed by atoms with Crippen LogP contribution in [0.15, 0.2) is 34.1 Å². The normalized spacial score (nSPS) is 26.1. The number of hydrogen-bond acceptors (Lipinski definition) is 4. The molecule has 2 bridgehead atoms. The van der Waals surface area contributed by atoms with Crippen molar-refractivity contribution in [2.75, 3.05) is 0 Å². The summed E-state index contributed by atoms with van der Waals surface area (Å²) in [7, 11) is 1.97. The van der Waals surface area contributed by atoms with E-state index in [1.54, 1.807) is 24.0 Å². The van der Waals surface area contributed by atoms with Crippen LogP contribution in [0.4, 0.5) is 0 Å². The Morgan fingerprint density at radius 2 is 2.32 bits per heavy atom. The summed E-state index contributed by atoms with van der Waals surface area (Å²) in [6, 6.07) is 3.88. The maximum atomic E-state index is 12.5. The van der Waals surface area contributed by atoms with Crippen LogP contribution in [0.25, 0.3) is 0 Å². The summed E-state index contributed by atoms with van der Waals surface area (Å²) in [4.78, 5) is 16.8. The molecule has 2 heterocycles. The highest BCUT2D eigenvalue weighted by molar-refractivity contribution is 7.98. The van der Waals surface area contributed by atoms with E-state index in [1.807, 2.05) is 23.9 Å². The molecule has 25 heavy (non-hydrogen) atoms. The maximum Gasteiger partial charge on any atom is 0.287 e. The molecule has 4 rings (SSSR count). The summed E-state index contributed by atoms with van der Waals surface area (Å²) >= 11 is 1.60. The van der Waals surface area contributed by atoms with Gasteiger partial charge in [-0.3, -0.25) is 4.79 Å². The SMILES string of the molecule is C[C@@H](NC(=O)c1ccc(CSc2nccn2C)o1)[C@@H]1C[C@H]2CC[C@H]1C2. The average Bonchev–Trinajstić information content (AvgIpc) is 3.37. The van der Waals surface area contributed by atoms with Crippen LogP contribution in [0.5, 0.6) is 0 Å². The van der Waals surface area contributed by atoms with Crippen LogP contribution >= 0.6 is 11.8 Å². The lowest BCUT2D eigenvalue weighted by Crippen LogP contribution is -2.39. The van der Waals surface area contributed by atoms with Gasteiger partial charge in [0.25, 0.3) is 5.91 Å². The number of aryl methyl sites for hydroxylation is 1. The van der Waals surface area contributed by atoms with E-state index in [0.29, 0.717) is 17.4 Å². The van der Waals surface area contributed by atoms with Gasteiger partial charge in [0, 0.05) is 25.5 Å². The number of fused-ring (bicyclic) bond motifs is 2. The second-order valence-electron chi connectivity index (χ2n) is 7.48. The van der Waals surface area contributed by atoms with Crippen LogP contribution in [0, 0.1) is 17.8 Å². The van der Waals surface area contributed by atoms with Crippen molar-refractivity contribution in [3.8, 4) is 0 Å². The Bertz CT molecular complexity index is 753. The monoisotopic (exact) mass is 359 g/mol. The minimum absolute atomic E-state index is 0.0940. The minimum Gasteiger partial charge on any atom is -0.455 e. The molecule has 6 heteroatoms. The lowest BCUT2D eigenvalue weighted by atomic mass is 9.84. The van der Waals surface area contributed by atoms with Crippen molar-refractivity contribution >= 4 is 17.7 Å². The fourth-order valence-electron chi connectivity index (χ4n) is 4.50. The fourth-order valence-corrected chi connectivity index (χ4v) is 5.32. The highest BCUT2D eigenvalue weighted by atomic mass is 32.2. The molecule has 2 aliphatic rings. The largest absolute Gasteiger partial charge is 0.455 e. The number of carbonyl (C=O) groups excluding carboxylic acids is 1. The Morgan fingerprint density at radius 1 is 1.44 bits per heavy atom. The summed E-state index contributed by atoms with van der Waals surface area (Å²) in [5.41, 5.74) is 0. The van der Waals surface area contributed by atoms with Crippen molar-refractivity contribution in [2.45, 2.75) is 49.6 Å². The Morgan fingerprint density at radius 3 is 3.00 bits per heavy atom. The lowest BCUT2D eigenvalue weighted by Gasteiger charge is -2.28. The number of imidazole rings is 1. The summed E-state index contributed by atoms with van der Waals surface area (Å²) in [5.74, 6) is 4.12. The molecular formula is C19H25N3O2S. The van der Waals surface area contributed by atoms with Crippen LogP contribution in [0.2, 0.25) is 0 Å². The molecule has 2 aliphatic carbocycles. The molecule has 2 aromatic rings. The molecular weight excluding hydrogens is 334 g/mol. The van der Waals surface area contributed by atoms with Crippen molar-refractivity contribution in [1.29, 1.82) is 0 Å². The van der Waals surface area contributed by atoms with E-state index in [2.05, 4.69) is 17.2 Å². The van der Waals surface area contributed by atoms with Crippen molar-refractivity contribution in [3.63, 3.8) is 0 Å². The lowest BCUT2D eigenvalue weighted by molar-refractivity contribution is 0.0885. The highest BCUT2D eigenvalue weighted by Crippen LogP contribution is 2.49. The Labute approximate surface area is 152 Å². The number of aromatic nitrogens is 2. The molecule has 2 saturated carbocycles. The maximum absolute atomic E-state index is 12.5. The number of nitrogens with zero attached hydrogens (tertiary/aromatic N) is 2. The van der Waals surface area contributed by atoms with Gasteiger partial charge in [-0.05, 0) is 56.1 Å². The van der Waals surface area contributed by atoms with Crippen molar-refractivity contribution in [1.82, 2.24) is 14.9 Å². The van der Waals surface area contributed by atoms with E-state index >= 15 is 0 Å². The zero-order chi connectivity index (χ0) is 17.4. The van der Waals surface area contributed by atoms with Crippen LogP contribution in [0.3, 0.4) is 0 Å². The Kier molecular flexibility index (Phi) is 4.63. The second kappa shape index (κ2) is 6.90. The first kappa shape index (κ1) is 16.8. The van der Waals surface area contributed by atoms with Crippen LogP contribution in [-0.4, -0.2) is 21.5 Å². The van der Waals surface area contributed by atoms with Gasteiger partial charge in [-0.15, -0.1) is 0 Å². The third kappa shape index (κ3) is 3.50. The quantitative estimate of drug-likeness (QED) is 0.796. The molecule has 134 valence electrons. The van der Waals surface area contributed by atoms with Crippen LogP contribution in [-0.2, 0) is 12.8 Å². The first-order chi connectivity index (χ1) is 12.1. The molecule has 5 nitrogen and oxygen atoms in total. The summed E-state index contributed by atoms with van der Waals surface area (Å²) in [6.07, 6.45) is 9.05. The average molecular weight is 359 g/mol. The van der Waals surface area contributed by atoms with E-state index < -0.39 is 0 Å². The van der Waals surface area contributed by atoms with Gasteiger partial charge >= 0.3 is 0 Å². The second-order valence-corrected chi connectivity index (χ2v) is 8.42. The molecule has 0 radical (unpaired) electrons. The van der Waals surface area contributed by atoms with Gasteiger partial charge in [0.15, 0.2) is 10.9 Å². The number of rotatable bonds is 6. The molecule has 4 atom stereocenters. The summed E-state index contributed by atoms with van der Waals surface area (Å²) in [5, 5.41) is 4.10. The van der Waals surface area contributed by atoms with E-state index in [9.17, 15) is 4.79 Å². The summed E-state index contributed by atoms with van der Waals surface area (Å²) in [6.45, 7) is 2.14. The Hall–Kier alpha value is -1.69. The number of furan rings is 1. The van der Waals surface area contributed by atoms with Gasteiger partial charge in [0.2, 0.25) is 0 Å². The number of nitrogens with one attached hydrogen (secondary N) is 1.